The van der Waals surface area contributed by atoms with E-state index in [0.29, 0.717) is 11.5 Å². The number of carboxylic acid groups (broad SMARTS) is 1. The van der Waals surface area contributed by atoms with E-state index in [-0.39, 0.29) is 0 Å². The van der Waals surface area contributed by atoms with Crippen molar-refractivity contribution in [2.75, 3.05) is 25.7 Å². The minimum atomic E-state index is -5.08. The third-order valence-corrected chi connectivity index (χ3v) is 5.88. The topological polar surface area (TPSA) is 94.0 Å². The van der Waals surface area contributed by atoms with E-state index < -0.39 is 12.1 Å². The number of hydrogen-bond acceptors (Lipinski definition) is 7. The van der Waals surface area contributed by atoms with Gasteiger partial charge >= 0.3 is 12.1 Å². The molecule has 0 radical (unpaired) electrons. The largest absolute Gasteiger partial charge is 0.497 e. The first kappa shape index (κ1) is 26.5. The Morgan fingerprint density at radius 3 is 2.32 bits per heavy atom. The first-order valence-corrected chi connectivity index (χ1v) is 11.4. The summed E-state index contributed by atoms with van der Waals surface area (Å²) >= 11 is 0. The Morgan fingerprint density at radius 2 is 1.74 bits per heavy atom. The summed E-state index contributed by atoms with van der Waals surface area (Å²) in [5.41, 5.74) is 5.41. The van der Waals surface area contributed by atoms with Crippen LogP contribution in [0.5, 0.6) is 23.0 Å². The third-order valence-electron chi connectivity index (χ3n) is 5.88. The zero-order valence-electron chi connectivity index (χ0n) is 20.7. The summed E-state index contributed by atoms with van der Waals surface area (Å²) in [6, 6.07) is 15.8. The van der Waals surface area contributed by atoms with Crippen molar-refractivity contribution in [2.24, 2.45) is 0 Å². The van der Waals surface area contributed by atoms with E-state index in [9.17, 15) is 13.2 Å². The van der Waals surface area contributed by atoms with Crippen LogP contribution in [0.15, 0.2) is 60.9 Å². The van der Waals surface area contributed by atoms with E-state index in [0.717, 1.165) is 46.7 Å². The molecule has 0 bridgehead atoms. The average molecular weight is 527 g/mol. The van der Waals surface area contributed by atoms with E-state index >= 15 is 0 Å². The molecule has 0 aliphatic carbocycles. The molecule has 0 saturated heterocycles. The van der Waals surface area contributed by atoms with Gasteiger partial charge in [-0.15, -0.1) is 0 Å². The lowest BCUT2D eigenvalue weighted by atomic mass is 10.1. The monoisotopic (exact) mass is 527 g/mol. The fourth-order valence-electron chi connectivity index (χ4n) is 4.16. The number of alkyl halides is 3. The number of fused-ring (bicyclic) bond motifs is 3. The van der Waals surface area contributed by atoms with Crippen LogP contribution in [-0.2, 0) is 11.2 Å². The van der Waals surface area contributed by atoms with Gasteiger partial charge in [0.1, 0.15) is 28.5 Å². The van der Waals surface area contributed by atoms with Gasteiger partial charge in [0, 0.05) is 35.6 Å². The number of hydrogen-bond donors (Lipinski definition) is 1. The lowest BCUT2D eigenvalue weighted by Crippen LogP contribution is -2.21. The fraction of sp³-hybridized carbons (Fsp3) is 0.222. The molecule has 5 rings (SSSR count). The first-order valence-electron chi connectivity index (χ1n) is 11.4. The van der Waals surface area contributed by atoms with Crippen molar-refractivity contribution in [1.29, 1.82) is 0 Å². The summed E-state index contributed by atoms with van der Waals surface area (Å²) in [6.45, 7) is 2.95. The SMILES string of the molecule is COc1cc(OC)c2nc(C)c3c(c2c1)N(c1ccc(Oc2cccnc2)cc1)CC3.O=C(O)C(F)(F)F. The number of benzene rings is 2. The quantitative estimate of drug-likeness (QED) is 0.334. The number of aromatic nitrogens is 2. The summed E-state index contributed by atoms with van der Waals surface area (Å²) < 4.78 is 48.8. The molecule has 1 N–H and O–H groups in total. The molecule has 11 heteroatoms. The molecule has 1 aliphatic heterocycles. The Hall–Kier alpha value is -4.54. The van der Waals surface area contributed by atoms with Gasteiger partial charge in [0.25, 0.3) is 0 Å². The second-order valence-electron chi connectivity index (χ2n) is 8.24. The van der Waals surface area contributed by atoms with Crippen LogP contribution in [0.2, 0.25) is 0 Å². The third kappa shape index (κ3) is 5.56. The van der Waals surface area contributed by atoms with Crippen LogP contribution in [0.3, 0.4) is 0 Å². The van der Waals surface area contributed by atoms with Crippen LogP contribution in [0.1, 0.15) is 11.3 Å². The molecule has 0 amide bonds. The Bertz CT molecular complexity index is 1450. The van der Waals surface area contributed by atoms with E-state index in [1.807, 2.05) is 36.4 Å². The second kappa shape index (κ2) is 10.8. The summed E-state index contributed by atoms with van der Waals surface area (Å²) in [4.78, 5) is 20.2. The molecule has 3 heterocycles. The van der Waals surface area contributed by atoms with Crippen molar-refractivity contribution < 1.29 is 37.3 Å². The highest BCUT2D eigenvalue weighted by Crippen LogP contribution is 2.44. The van der Waals surface area contributed by atoms with Crippen molar-refractivity contribution in [2.45, 2.75) is 19.5 Å². The van der Waals surface area contributed by atoms with Crippen molar-refractivity contribution >= 4 is 28.2 Å². The zero-order chi connectivity index (χ0) is 27.4. The van der Waals surface area contributed by atoms with Gasteiger partial charge in [0.15, 0.2) is 0 Å². The smallest absolute Gasteiger partial charge is 0.490 e. The molecular formula is C27H24F3N3O5. The maximum absolute atomic E-state index is 10.6. The molecule has 0 unspecified atom stereocenters. The molecule has 0 spiro atoms. The number of aliphatic carboxylic acids is 1. The highest BCUT2D eigenvalue weighted by atomic mass is 19.4. The zero-order valence-corrected chi connectivity index (χ0v) is 20.7. The number of carboxylic acids is 1. The lowest BCUT2D eigenvalue weighted by molar-refractivity contribution is -0.192. The molecule has 0 fully saturated rings. The number of nitrogens with zero attached hydrogens (tertiary/aromatic N) is 3. The minimum absolute atomic E-state index is 0.715. The summed E-state index contributed by atoms with van der Waals surface area (Å²) in [6.07, 6.45) is -0.711. The predicted octanol–water partition coefficient (Wildman–Crippen LogP) is 6.08. The normalized spacial score (nSPS) is 12.4. The number of ether oxygens (including phenoxy) is 3. The lowest BCUT2D eigenvalue weighted by Gasteiger charge is -2.22. The van der Waals surface area contributed by atoms with E-state index in [1.165, 1.54) is 11.3 Å². The predicted molar refractivity (Wildman–Crippen MR) is 135 cm³/mol. The van der Waals surface area contributed by atoms with Gasteiger partial charge in [-0.1, -0.05) is 0 Å². The van der Waals surface area contributed by atoms with Gasteiger partial charge in [-0.05, 0) is 61.4 Å². The highest BCUT2D eigenvalue weighted by molar-refractivity contribution is 6.01. The number of carbonyl (C=O) groups is 1. The first-order chi connectivity index (χ1) is 18.1. The number of halogens is 3. The summed E-state index contributed by atoms with van der Waals surface area (Å²) in [5, 5.41) is 8.16. The molecule has 38 heavy (non-hydrogen) atoms. The van der Waals surface area contributed by atoms with Gasteiger partial charge in [-0.3, -0.25) is 4.98 Å². The van der Waals surface area contributed by atoms with Crippen molar-refractivity contribution in [3.63, 3.8) is 0 Å². The number of anilines is 2. The maximum atomic E-state index is 10.6. The van der Waals surface area contributed by atoms with E-state index in [4.69, 9.17) is 29.1 Å². The molecule has 8 nitrogen and oxygen atoms in total. The van der Waals surface area contributed by atoms with Gasteiger partial charge < -0.3 is 24.2 Å². The van der Waals surface area contributed by atoms with Crippen LogP contribution in [-0.4, -0.2) is 48.0 Å². The van der Waals surface area contributed by atoms with Crippen molar-refractivity contribution in [3.8, 4) is 23.0 Å². The minimum Gasteiger partial charge on any atom is -0.497 e. The maximum Gasteiger partial charge on any atom is 0.490 e. The number of methoxy groups -OCH3 is 2. The van der Waals surface area contributed by atoms with Gasteiger partial charge in [-0.25, -0.2) is 9.78 Å². The van der Waals surface area contributed by atoms with Crippen molar-refractivity contribution in [1.82, 2.24) is 9.97 Å². The summed E-state index contributed by atoms with van der Waals surface area (Å²) in [5.74, 6) is 0.202. The van der Waals surface area contributed by atoms with Gasteiger partial charge in [-0.2, -0.15) is 13.2 Å². The van der Waals surface area contributed by atoms with Gasteiger partial charge in [0.05, 0.1) is 26.1 Å². The summed E-state index contributed by atoms with van der Waals surface area (Å²) in [7, 11) is 3.33. The van der Waals surface area contributed by atoms with Crippen LogP contribution in [0.25, 0.3) is 10.9 Å². The molecule has 0 saturated carbocycles. The fourth-order valence-corrected chi connectivity index (χ4v) is 4.16. The molecular weight excluding hydrogens is 503 g/mol. The Morgan fingerprint density at radius 1 is 1.03 bits per heavy atom. The standard InChI is InChI=1S/C25H23N3O3.C2HF3O2/c1-16-21-10-12-28(17-6-8-18(9-7-17)31-19-5-4-11-26-15-19)25(21)22-13-20(29-2)14-23(30-3)24(22)27-16;3-2(4,5)1(6)7/h4-9,11,13-15H,10,12H2,1-3H3;(H,6,7). The Balaban J connectivity index is 0.000000426. The van der Waals surface area contributed by atoms with Crippen LogP contribution in [0, 0.1) is 6.92 Å². The number of pyridine rings is 2. The Labute approximate surface area is 216 Å². The number of rotatable bonds is 5. The molecule has 2 aromatic heterocycles. The number of aryl methyl sites for hydroxylation is 1. The van der Waals surface area contributed by atoms with Crippen LogP contribution >= 0.6 is 0 Å². The van der Waals surface area contributed by atoms with Gasteiger partial charge in [0.2, 0.25) is 0 Å². The van der Waals surface area contributed by atoms with Crippen LogP contribution in [0.4, 0.5) is 24.5 Å². The van der Waals surface area contributed by atoms with Crippen molar-refractivity contribution in [3.05, 3.63) is 72.2 Å². The molecule has 4 aromatic rings. The average Bonchev–Trinajstić information content (AvgIpc) is 3.35. The Kier molecular flexibility index (Phi) is 7.56. The molecule has 0 atom stereocenters. The second-order valence-corrected chi connectivity index (χ2v) is 8.24. The van der Waals surface area contributed by atoms with E-state index in [2.05, 4.69) is 28.9 Å². The van der Waals surface area contributed by atoms with E-state index in [1.54, 1.807) is 26.6 Å². The van der Waals surface area contributed by atoms with Crippen LogP contribution < -0.4 is 19.1 Å². The molecule has 2 aromatic carbocycles. The molecule has 198 valence electrons. The molecule has 1 aliphatic rings. The highest BCUT2D eigenvalue weighted by Gasteiger charge is 2.38.